The predicted molar refractivity (Wildman–Crippen MR) is 92.5 cm³/mol. The molecule has 5 nitrogen and oxygen atoms in total. The van der Waals surface area contributed by atoms with Crippen LogP contribution in [0.3, 0.4) is 0 Å². The number of nitrogens with one attached hydrogen (secondary N) is 1. The van der Waals surface area contributed by atoms with Crippen LogP contribution in [0.4, 0.5) is 0 Å². The lowest BCUT2D eigenvalue weighted by atomic mass is 10.1. The number of methoxy groups -OCH3 is 1. The smallest absolute Gasteiger partial charge is 0.251 e. The monoisotopic (exact) mass is 321 g/mol. The van der Waals surface area contributed by atoms with E-state index in [9.17, 15) is 4.79 Å². The third-order valence-corrected chi connectivity index (χ3v) is 3.85. The van der Waals surface area contributed by atoms with E-state index >= 15 is 0 Å². The zero-order valence-electron chi connectivity index (χ0n) is 13.7. The van der Waals surface area contributed by atoms with Gasteiger partial charge in [0, 0.05) is 30.2 Å². The minimum atomic E-state index is -0.0977. The number of amides is 1. The molecule has 24 heavy (non-hydrogen) atoms. The zero-order chi connectivity index (χ0) is 16.9. The summed E-state index contributed by atoms with van der Waals surface area (Å²) in [7, 11) is 1.62. The second kappa shape index (κ2) is 7.00. The molecule has 122 valence electrons. The van der Waals surface area contributed by atoms with Crippen molar-refractivity contribution in [2.75, 3.05) is 7.11 Å². The van der Waals surface area contributed by atoms with Crippen LogP contribution in [-0.4, -0.2) is 22.6 Å². The van der Waals surface area contributed by atoms with Crippen LogP contribution in [0.15, 0.2) is 61.2 Å². The van der Waals surface area contributed by atoms with Crippen molar-refractivity contribution in [2.45, 2.75) is 13.5 Å². The molecule has 1 N–H and O–H groups in total. The fraction of sp³-hybridized carbons (Fsp3) is 0.158. The summed E-state index contributed by atoms with van der Waals surface area (Å²) in [4.78, 5) is 16.3. The van der Waals surface area contributed by atoms with E-state index in [1.807, 2.05) is 54.1 Å². The van der Waals surface area contributed by atoms with Crippen molar-refractivity contribution in [3.8, 4) is 11.4 Å². The average molecular weight is 321 g/mol. The number of imidazole rings is 1. The number of aryl methyl sites for hydroxylation is 1. The van der Waals surface area contributed by atoms with Crippen LogP contribution in [0, 0.1) is 6.92 Å². The molecule has 0 aliphatic carbocycles. The highest BCUT2D eigenvalue weighted by Crippen LogP contribution is 2.18. The molecule has 1 heterocycles. The molecule has 3 rings (SSSR count). The van der Waals surface area contributed by atoms with E-state index in [0.29, 0.717) is 12.1 Å². The van der Waals surface area contributed by atoms with Gasteiger partial charge in [0.05, 0.1) is 13.4 Å². The Kier molecular flexibility index (Phi) is 4.61. The number of carbonyl (C=O) groups excluding carboxylic acids is 1. The van der Waals surface area contributed by atoms with Crippen LogP contribution >= 0.6 is 0 Å². The molecule has 0 radical (unpaired) electrons. The molecule has 0 spiro atoms. The first-order valence-electron chi connectivity index (χ1n) is 7.67. The third kappa shape index (κ3) is 3.46. The van der Waals surface area contributed by atoms with Gasteiger partial charge in [-0.3, -0.25) is 4.79 Å². The Morgan fingerprint density at radius 2 is 2.00 bits per heavy atom. The maximum absolute atomic E-state index is 12.3. The Labute approximate surface area is 140 Å². The fourth-order valence-corrected chi connectivity index (χ4v) is 2.50. The van der Waals surface area contributed by atoms with Gasteiger partial charge in [0.2, 0.25) is 0 Å². The normalized spacial score (nSPS) is 10.4. The van der Waals surface area contributed by atoms with Gasteiger partial charge in [-0.1, -0.05) is 12.1 Å². The third-order valence-electron chi connectivity index (χ3n) is 3.85. The van der Waals surface area contributed by atoms with Crippen molar-refractivity contribution in [3.63, 3.8) is 0 Å². The minimum absolute atomic E-state index is 0.0977. The molecule has 0 fully saturated rings. The van der Waals surface area contributed by atoms with Gasteiger partial charge in [0.25, 0.3) is 5.91 Å². The zero-order valence-corrected chi connectivity index (χ0v) is 13.7. The molecule has 0 aliphatic rings. The van der Waals surface area contributed by atoms with E-state index in [0.717, 1.165) is 22.6 Å². The first kappa shape index (κ1) is 15.8. The summed E-state index contributed by atoms with van der Waals surface area (Å²) < 4.78 is 7.15. The molecule has 1 aromatic heterocycles. The number of ether oxygens (including phenoxy) is 1. The number of carbonyl (C=O) groups is 1. The largest absolute Gasteiger partial charge is 0.496 e. The number of benzene rings is 2. The summed E-state index contributed by atoms with van der Waals surface area (Å²) in [6, 6.07) is 13.4. The predicted octanol–water partition coefficient (Wildman–Crippen LogP) is 3.12. The summed E-state index contributed by atoms with van der Waals surface area (Å²) >= 11 is 0. The Morgan fingerprint density at radius 3 is 2.62 bits per heavy atom. The van der Waals surface area contributed by atoms with E-state index < -0.39 is 0 Å². The molecule has 5 heteroatoms. The van der Waals surface area contributed by atoms with Crippen molar-refractivity contribution in [1.29, 1.82) is 0 Å². The number of hydrogen-bond donors (Lipinski definition) is 1. The van der Waals surface area contributed by atoms with Crippen molar-refractivity contribution < 1.29 is 9.53 Å². The molecular formula is C19H19N3O2. The molecule has 2 aromatic carbocycles. The topological polar surface area (TPSA) is 56.1 Å². The lowest BCUT2D eigenvalue weighted by Gasteiger charge is -2.09. The van der Waals surface area contributed by atoms with Gasteiger partial charge in [-0.25, -0.2) is 4.98 Å². The quantitative estimate of drug-likeness (QED) is 0.785. The Bertz CT molecular complexity index is 824. The first-order chi connectivity index (χ1) is 11.7. The van der Waals surface area contributed by atoms with Crippen molar-refractivity contribution in [1.82, 2.24) is 14.9 Å². The second-order valence-corrected chi connectivity index (χ2v) is 5.50. The molecule has 3 aromatic rings. The second-order valence-electron chi connectivity index (χ2n) is 5.50. The molecule has 0 saturated heterocycles. The van der Waals surface area contributed by atoms with Gasteiger partial charge in [-0.2, -0.15) is 0 Å². The van der Waals surface area contributed by atoms with Crippen LogP contribution in [0.25, 0.3) is 5.69 Å². The lowest BCUT2D eigenvalue weighted by molar-refractivity contribution is 0.0951. The molecular weight excluding hydrogens is 302 g/mol. The van der Waals surface area contributed by atoms with E-state index in [4.69, 9.17) is 4.74 Å². The van der Waals surface area contributed by atoms with Crippen molar-refractivity contribution >= 4 is 5.91 Å². The van der Waals surface area contributed by atoms with Gasteiger partial charge in [0.1, 0.15) is 5.75 Å². The minimum Gasteiger partial charge on any atom is -0.496 e. The standard InChI is InChI=1S/C19H19N3O2/c1-14-11-16(5-8-18(14)24-2)19(23)21-12-15-3-6-17(7-4-15)22-10-9-20-13-22/h3-11,13H,12H2,1-2H3,(H,21,23). The highest BCUT2D eigenvalue weighted by atomic mass is 16.5. The van der Waals surface area contributed by atoms with Crippen LogP contribution in [-0.2, 0) is 6.54 Å². The summed E-state index contributed by atoms with van der Waals surface area (Å²) in [5.41, 5.74) is 3.64. The summed E-state index contributed by atoms with van der Waals surface area (Å²) in [5, 5.41) is 2.94. The van der Waals surface area contributed by atoms with E-state index in [-0.39, 0.29) is 5.91 Å². The van der Waals surface area contributed by atoms with Crippen molar-refractivity contribution in [2.24, 2.45) is 0 Å². The molecule has 0 saturated carbocycles. The fourth-order valence-electron chi connectivity index (χ4n) is 2.50. The van der Waals surface area contributed by atoms with E-state index in [1.54, 1.807) is 25.7 Å². The average Bonchev–Trinajstić information content (AvgIpc) is 3.14. The number of aromatic nitrogens is 2. The summed E-state index contributed by atoms with van der Waals surface area (Å²) in [6.45, 7) is 2.40. The van der Waals surface area contributed by atoms with Gasteiger partial charge >= 0.3 is 0 Å². The molecule has 0 bridgehead atoms. The Balaban J connectivity index is 1.63. The Morgan fingerprint density at radius 1 is 1.21 bits per heavy atom. The SMILES string of the molecule is COc1ccc(C(=O)NCc2ccc(-n3ccnc3)cc2)cc1C. The molecule has 0 aliphatic heterocycles. The van der Waals surface area contributed by atoms with Gasteiger partial charge < -0.3 is 14.6 Å². The van der Waals surface area contributed by atoms with Crippen molar-refractivity contribution in [3.05, 3.63) is 77.9 Å². The first-order valence-corrected chi connectivity index (χ1v) is 7.67. The van der Waals surface area contributed by atoms with E-state index in [1.165, 1.54) is 0 Å². The summed E-state index contributed by atoms with van der Waals surface area (Å²) in [5.74, 6) is 0.682. The van der Waals surface area contributed by atoms with E-state index in [2.05, 4.69) is 10.3 Å². The summed E-state index contributed by atoms with van der Waals surface area (Å²) in [6.07, 6.45) is 5.39. The maximum atomic E-state index is 12.3. The maximum Gasteiger partial charge on any atom is 0.251 e. The van der Waals surface area contributed by atoms with Gasteiger partial charge in [-0.15, -0.1) is 0 Å². The Hall–Kier alpha value is -3.08. The number of hydrogen-bond acceptors (Lipinski definition) is 3. The van der Waals surface area contributed by atoms with Gasteiger partial charge in [-0.05, 0) is 48.4 Å². The van der Waals surface area contributed by atoms with Crippen LogP contribution < -0.4 is 10.1 Å². The molecule has 0 unspecified atom stereocenters. The highest BCUT2D eigenvalue weighted by Gasteiger charge is 2.08. The number of nitrogens with zero attached hydrogens (tertiary/aromatic N) is 2. The van der Waals surface area contributed by atoms with Crippen LogP contribution in [0.2, 0.25) is 0 Å². The van der Waals surface area contributed by atoms with Crippen LogP contribution in [0.1, 0.15) is 21.5 Å². The molecule has 0 atom stereocenters. The number of rotatable bonds is 5. The highest BCUT2D eigenvalue weighted by molar-refractivity contribution is 5.94. The molecule has 1 amide bonds. The van der Waals surface area contributed by atoms with Crippen LogP contribution in [0.5, 0.6) is 5.75 Å². The van der Waals surface area contributed by atoms with Gasteiger partial charge in [0.15, 0.2) is 0 Å². The lowest BCUT2D eigenvalue weighted by Crippen LogP contribution is -2.22.